The third-order valence-corrected chi connectivity index (χ3v) is 19.0. The van der Waals surface area contributed by atoms with Crippen molar-refractivity contribution in [3.63, 3.8) is 0 Å². The van der Waals surface area contributed by atoms with E-state index in [4.69, 9.17) is 9.97 Å². The Labute approximate surface area is 319 Å². The molecule has 0 fully saturated rings. The first kappa shape index (κ1) is 32.7. The van der Waals surface area contributed by atoms with E-state index >= 15 is 0 Å². The predicted octanol–water partition coefficient (Wildman–Crippen LogP) is 10.4. The highest BCUT2D eigenvalue weighted by atomic mass is 28.3. The molecule has 3 heterocycles. The number of aromatic nitrogens is 2. The van der Waals surface area contributed by atoms with Gasteiger partial charge in [-0.1, -0.05) is 172 Å². The molecule has 54 heavy (non-hydrogen) atoms. The van der Waals surface area contributed by atoms with Gasteiger partial charge in [0.25, 0.3) is 0 Å². The summed E-state index contributed by atoms with van der Waals surface area (Å²) in [5, 5.41) is 6.06. The molecule has 0 bridgehead atoms. The quantitative estimate of drug-likeness (QED) is 0.165. The first-order valence-electron chi connectivity index (χ1n) is 18.9. The van der Waals surface area contributed by atoms with Gasteiger partial charge in [0.2, 0.25) is 0 Å². The summed E-state index contributed by atoms with van der Waals surface area (Å²) in [6.07, 6.45) is 0. The Kier molecular flexibility index (Phi) is 7.45. The van der Waals surface area contributed by atoms with Gasteiger partial charge in [-0.2, -0.15) is 0 Å². The van der Waals surface area contributed by atoms with Crippen molar-refractivity contribution in [2.45, 2.75) is 26.2 Å². The lowest BCUT2D eigenvalue weighted by Crippen LogP contribution is -2.50. The standard InChI is InChI=1S/C50H40N2Si2/c1-53(2)46-27-13-11-21-40(46)42-25-15-23-38(48(42)53)35-29-36(39-24-16-26-43-41-22-12-14-28-47(41)54(3,4)49(39)43)31-37(30-35)50-51-44(33-17-7-5-8-18-33)32-45(52-50)34-19-9-6-10-20-34/h5-32H,1-4H3. The van der Waals surface area contributed by atoms with Crippen molar-refractivity contribution in [3.05, 3.63) is 170 Å². The molecule has 0 spiro atoms. The third kappa shape index (κ3) is 5.05. The highest BCUT2D eigenvalue weighted by Gasteiger charge is 2.41. The summed E-state index contributed by atoms with van der Waals surface area (Å²) in [6, 6.07) is 62.3. The number of nitrogens with zero attached hydrogens (tertiary/aromatic N) is 2. The van der Waals surface area contributed by atoms with Gasteiger partial charge in [0.05, 0.1) is 11.4 Å². The van der Waals surface area contributed by atoms with Crippen LogP contribution >= 0.6 is 0 Å². The Morgan fingerprint density at radius 2 is 0.685 bits per heavy atom. The number of hydrogen-bond acceptors (Lipinski definition) is 2. The van der Waals surface area contributed by atoms with Crippen LogP contribution in [0.15, 0.2) is 170 Å². The van der Waals surface area contributed by atoms with E-state index in [-0.39, 0.29) is 0 Å². The molecule has 0 saturated carbocycles. The zero-order valence-electron chi connectivity index (χ0n) is 31.1. The molecular formula is C50H40N2Si2. The van der Waals surface area contributed by atoms with Crippen molar-refractivity contribution < 1.29 is 0 Å². The van der Waals surface area contributed by atoms with Gasteiger partial charge in [-0.05, 0) is 89.5 Å². The van der Waals surface area contributed by atoms with Gasteiger partial charge in [-0.3, -0.25) is 0 Å². The van der Waals surface area contributed by atoms with E-state index in [1.165, 1.54) is 65.3 Å². The molecule has 2 aliphatic heterocycles. The molecule has 0 radical (unpaired) electrons. The second-order valence-electron chi connectivity index (χ2n) is 15.8. The number of fused-ring (bicyclic) bond motifs is 6. The monoisotopic (exact) mass is 724 g/mol. The Hall–Kier alpha value is -5.95. The zero-order valence-corrected chi connectivity index (χ0v) is 33.1. The maximum absolute atomic E-state index is 5.34. The SMILES string of the molecule is C[Si]1(C)c2ccccc2-c2cccc(-c3cc(-c4nc(-c5ccccc5)cc(-c5ccccc5)n4)cc(-c4cccc5c4[Si](C)(C)c4ccccc4-5)c3)c21. The lowest BCUT2D eigenvalue weighted by Gasteiger charge is -2.24. The number of hydrogen-bond donors (Lipinski definition) is 0. The molecule has 0 N–H and O–H groups in total. The molecule has 7 aromatic carbocycles. The Morgan fingerprint density at radius 1 is 0.315 bits per heavy atom. The van der Waals surface area contributed by atoms with E-state index in [1.807, 2.05) is 0 Å². The van der Waals surface area contributed by atoms with Crippen LogP contribution in [0.3, 0.4) is 0 Å². The molecule has 1 aromatic heterocycles. The molecule has 0 unspecified atom stereocenters. The minimum Gasteiger partial charge on any atom is -0.228 e. The Morgan fingerprint density at radius 3 is 1.15 bits per heavy atom. The predicted molar refractivity (Wildman–Crippen MR) is 234 cm³/mol. The van der Waals surface area contributed by atoms with Crippen molar-refractivity contribution in [1.29, 1.82) is 0 Å². The average Bonchev–Trinajstić information content (AvgIpc) is 3.61. The Bertz CT molecular complexity index is 2590. The van der Waals surface area contributed by atoms with E-state index < -0.39 is 16.1 Å². The second-order valence-corrected chi connectivity index (χ2v) is 24.4. The highest BCUT2D eigenvalue weighted by Crippen LogP contribution is 2.39. The minimum atomic E-state index is -2.02. The van der Waals surface area contributed by atoms with Crippen LogP contribution in [0.2, 0.25) is 26.2 Å². The Balaban J connectivity index is 1.26. The summed E-state index contributed by atoms with van der Waals surface area (Å²) in [7, 11) is -4.03. The summed E-state index contributed by atoms with van der Waals surface area (Å²) in [5.74, 6) is 0.734. The molecule has 4 heteroatoms. The first-order valence-corrected chi connectivity index (χ1v) is 24.9. The maximum Gasteiger partial charge on any atom is 0.160 e. The summed E-state index contributed by atoms with van der Waals surface area (Å²) in [4.78, 5) is 10.7. The van der Waals surface area contributed by atoms with Crippen LogP contribution in [-0.4, -0.2) is 26.1 Å². The normalized spacial score (nSPS) is 14.2. The van der Waals surface area contributed by atoms with E-state index in [0.29, 0.717) is 0 Å². The van der Waals surface area contributed by atoms with Crippen molar-refractivity contribution in [2.75, 3.05) is 0 Å². The van der Waals surface area contributed by atoms with Crippen LogP contribution in [0.5, 0.6) is 0 Å². The second kappa shape index (κ2) is 12.3. The molecule has 10 rings (SSSR count). The molecule has 0 amide bonds. The van der Waals surface area contributed by atoms with E-state index in [0.717, 1.165) is 33.9 Å². The van der Waals surface area contributed by atoms with Crippen molar-refractivity contribution in [1.82, 2.24) is 9.97 Å². The van der Waals surface area contributed by atoms with Crippen LogP contribution in [0.25, 0.3) is 78.4 Å². The van der Waals surface area contributed by atoms with Gasteiger partial charge in [0.15, 0.2) is 5.82 Å². The molecule has 0 atom stereocenters. The molecule has 258 valence electrons. The van der Waals surface area contributed by atoms with Crippen molar-refractivity contribution in [2.24, 2.45) is 0 Å². The molecule has 0 aliphatic carbocycles. The summed E-state index contributed by atoms with van der Waals surface area (Å²) in [5.41, 5.74) is 15.6. The van der Waals surface area contributed by atoms with Crippen molar-refractivity contribution >= 4 is 36.9 Å². The van der Waals surface area contributed by atoms with E-state index in [2.05, 4.69) is 196 Å². The van der Waals surface area contributed by atoms with Crippen LogP contribution in [0.1, 0.15) is 0 Å². The first-order chi connectivity index (χ1) is 26.3. The molecule has 2 nitrogen and oxygen atoms in total. The zero-order chi connectivity index (χ0) is 36.6. The lowest BCUT2D eigenvalue weighted by molar-refractivity contribution is 1.18. The smallest absolute Gasteiger partial charge is 0.160 e. The number of rotatable bonds is 5. The topological polar surface area (TPSA) is 25.8 Å². The van der Waals surface area contributed by atoms with Gasteiger partial charge in [-0.25, -0.2) is 9.97 Å². The third-order valence-electron chi connectivity index (χ3n) is 11.8. The van der Waals surface area contributed by atoms with Gasteiger partial charge in [-0.15, -0.1) is 0 Å². The molecule has 0 saturated heterocycles. The average molecular weight is 725 g/mol. The number of benzene rings is 7. The van der Waals surface area contributed by atoms with E-state index in [9.17, 15) is 0 Å². The van der Waals surface area contributed by atoms with Gasteiger partial charge < -0.3 is 0 Å². The van der Waals surface area contributed by atoms with E-state index in [1.54, 1.807) is 0 Å². The van der Waals surface area contributed by atoms with Gasteiger partial charge in [0, 0.05) is 16.7 Å². The maximum atomic E-state index is 5.34. The van der Waals surface area contributed by atoms with Gasteiger partial charge in [0.1, 0.15) is 16.1 Å². The minimum absolute atomic E-state index is 0.734. The van der Waals surface area contributed by atoms with Crippen LogP contribution in [0, 0.1) is 0 Å². The largest absolute Gasteiger partial charge is 0.228 e. The fourth-order valence-electron chi connectivity index (χ4n) is 9.33. The lowest BCUT2D eigenvalue weighted by atomic mass is 9.92. The molecular weight excluding hydrogens is 685 g/mol. The van der Waals surface area contributed by atoms with Gasteiger partial charge >= 0.3 is 0 Å². The molecule has 8 aromatic rings. The van der Waals surface area contributed by atoms with Crippen molar-refractivity contribution in [3.8, 4) is 78.4 Å². The highest BCUT2D eigenvalue weighted by molar-refractivity contribution is 7.05. The fraction of sp³-hybridized carbons (Fsp3) is 0.0800. The molecule has 2 aliphatic rings. The summed E-state index contributed by atoms with van der Waals surface area (Å²) in [6.45, 7) is 10.1. The van der Waals surface area contributed by atoms with Crippen LogP contribution in [-0.2, 0) is 0 Å². The summed E-state index contributed by atoms with van der Waals surface area (Å²) < 4.78 is 0. The summed E-state index contributed by atoms with van der Waals surface area (Å²) >= 11 is 0. The van der Waals surface area contributed by atoms with Crippen LogP contribution < -0.4 is 20.7 Å². The fourth-order valence-corrected chi connectivity index (χ4v) is 16.3. The van der Waals surface area contributed by atoms with Crippen LogP contribution in [0.4, 0.5) is 0 Å².